The standard InChI is InChI=1S/C9H15N3OS/c1-7(5-8(2)14(10)13)9-6-11-3-4-12-9/h3-4,6-8H,5,10H2,1-2H3/t7-,8?,14?/m1/s1. The summed E-state index contributed by atoms with van der Waals surface area (Å²) in [6.07, 6.45) is 5.80. The lowest BCUT2D eigenvalue weighted by atomic mass is 10.0. The third-order valence-electron chi connectivity index (χ3n) is 2.17. The lowest BCUT2D eigenvalue weighted by Crippen LogP contribution is -2.20. The van der Waals surface area contributed by atoms with Crippen LogP contribution in [0, 0.1) is 0 Å². The van der Waals surface area contributed by atoms with Crippen LogP contribution in [0.5, 0.6) is 0 Å². The highest BCUT2D eigenvalue weighted by atomic mass is 32.2. The molecule has 0 radical (unpaired) electrons. The Hall–Kier alpha value is -0.810. The zero-order chi connectivity index (χ0) is 10.6. The normalized spacial score (nSPS) is 17.4. The zero-order valence-electron chi connectivity index (χ0n) is 8.38. The molecule has 0 fully saturated rings. The van der Waals surface area contributed by atoms with Crippen LogP contribution in [0.2, 0.25) is 0 Å². The second-order valence-electron chi connectivity index (χ2n) is 3.41. The van der Waals surface area contributed by atoms with Gasteiger partial charge in [-0.25, -0.2) is 4.21 Å². The lowest BCUT2D eigenvalue weighted by molar-refractivity contribution is 0.624. The van der Waals surface area contributed by atoms with Crippen LogP contribution >= 0.6 is 0 Å². The van der Waals surface area contributed by atoms with E-state index in [1.54, 1.807) is 18.6 Å². The molecule has 14 heavy (non-hydrogen) atoms. The number of nitrogens with two attached hydrogens (primary N) is 1. The van der Waals surface area contributed by atoms with Crippen LogP contribution in [0.4, 0.5) is 0 Å². The fraction of sp³-hybridized carbons (Fsp3) is 0.556. The van der Waals surface area contributed by atoms with Gasteiger partial charge in [0.1, 0.15) is 0 Å². The van der Waals surface area contributed by atoms with Gasteiger partial charge in [0.05, 0.1) is 16.7 Å². The van der Waals surface area contributed by atoms with Crippen LogP contribution in [0.25, 0.3) is 0 Å². The van der Waals surface area contributed by atoms with Crippen molar-refractivity contribution >= 4 is 11.0 Å². The third kappa shape index (κ3) is 3.16. The molecule has 5 heteroatoms. The van der Waals surface area contributed by atoms with Gasteiger partial charge in [0.15, 0.2) is 0 Å². The predicted molar refractivity (Wildman–Crippen MR) is 56.9 cm³/mol. The van der Waals surface area contributed by atoms with Gasteiger partial charge in [-0.15, -0.1) is 0 Å². The molecule has 2 N–H and O–H groups in total. The van der Waals surface area contributed by atoms with Crippen molar-refractivity contribution in [2.75, 3.05) is 0 Å². The van der Waals surface area contributed by atoms with E-state index in [1.165, 1.54) is 0 Å². The smallest absolute Gasteiger partial charge is 0.0917 e. The first-order valence-electron chi connectivity index (χ1n) is 4.52. The van der Waals surface area contributed by atoms with Gasteiger partial charge >= 0.3 is 0 Å². The summed E-state index contributed by atoms with van der Waals surface area (Å²) in [6, 6.07) is 0. The van der Waals surface area contributed by atoms with Crippen molar-refractivity contribution in [1.29, 1.82) is 0 Å². The van der Waals surface area contributed by atoms with Gasteiger partial charge in [0.25, 0.3) is 0 Å². The van der Waals surface area contributed by atoms with E-state index >= 15 is 0 Å². The van der Waals surface area contributed by atoms with Crippen molar-refractivity contribution in [3.63, 3.8) is 0 Å². The Kier molecular flexibility index (Phi) is 4.16. The summed E-state index contributed by atoms with van der Waals surface area (Å²) in [4.78, 5) is 8.18. The Labute approximate surface area is 86.5 Å². The molecule has 0 amide bonds. The molecule has 0 aliphatic heterocycles. The molecule has 0 spiro atoms. The highest BCUT2D eigenvalue weighted by molar-refractivity contribution is 7.83. The number of hydrogen-bond acceptors (Lipinski definition) is 3. The molecule has 0 aliphatic rings. The molecular formula is C9H15N3OS. The van der Waals surface area contributed by atoms with Gasteiger partial charge in [0.2, 0.25) is 0 Å². The minimum atomic E-state index is -1.25. The van der Waals surface area contributed by atoms with Crippen LogP contribution in [0.15, 0.2) is 18.6 Å². The molecule has 3 atom stereocenters. The summed E-state index contributed by atoms with van der Waals surface area (Å²) in [6.45, 7) is 3.91. The van der Waals surface area contributed by atoms with Gasteiger partial charge in [-0.1, -0.05) is 6.92 Å². The molecule has 1 heterocycles. The van der Waals surface area contributed by atoms with Crippen LogP contribution < -0.4 is 5.14 Å². The summed E-state index contributed by atoms with van der Waals surface area (Å²) >= 11 is 0. The number of rotatable bonds is 4. The molecule has 4 nitrogen and oxygen atoms in total. The fourth-order valence-electron chi connectivity index (χ4n) is 1.28. The Morgan fingerprint density at radius 3 is 2.71 bits per heavy atom. The Bertz CT molecular complexity index is 304. The molecule has 0 aromatic carbocycles. The van der Waals surface area contributed by atoms with Crippen LogP contribution in [0.3, 0.4) is 0 Å². The zero-order valence-corrected chi connectivity index (χ0v) is 9.20. The molecule has 78 valence electrons. The maximum atomic E-state index is 11.0. The minimum Gasteiger partial charge on any atom is -0.261 e. The van der Waals surface area contributed by atoms with Crippen molar-refractivity contribution in [2.24, 2.45) is 5.14 Å². The van der Waals surface area contributed by atoms with Crippen molar-refractivity contribution in [3.8, 4) is 0 Å². The topological polar surface area (TPSA) is 68.9 Å². The second kappa shape index (κ2) is 5.17. The first kappa shape index (κ1) is 11.3. The molecule has 0 aliphatic carbocycles. The molecule has 1 rings (SSSR count). The number of hydrogen-bond donors (Lipinski definition) is 1. The molecule has 1 aromatic heterocycles. The highest BCUT2D eigenvalue weighted by Gasteiger charge is 2.14. The van der Waals surface area contributed by atoms with Gasteiger partial charge in [-0.2, -0.15) is 0 Å². The molecule has 0 saturated carbocycles. The first-order chi connectivity index (χ1) is 6.61. The Balaban J connectivity index is 2.59. The molecule has 0 saturated heterocycles. The molecule has 2 unspecified atom stereocenters. The summed E-state index contributed by atoms with van der Waals surface area (Å²) < 4.78 is 11.0. The number of nitrogens with zero attached hydrogens (tertiary/aromatic N) is 2. The molecule has 1 aromatic rings. The summed E-state index contributed by atoms with van der Waals surface area (Å²) in [5, 5.41) is 5.29. The maximum Gasteiger partial charge on any atom is 0.0917 e. The summed E-state index contributed by atoms with van der Waals surface area (Å²) in [5.41, 5.74) is 0.921. The van der Waals surface area contributed by atoms with Crippen LogP contribution in [-0.2, 0) is 11.0 Å². The van der Waals surface area contributed by atoms with E-state index in [4.69, 9.17) is 5.14 Å². The van der Waals surface area contributed by atoms with Crippen molar-refractivity contribution in [2.45, 2.75) is 31.4 Å². The van der Waals surface area contributed by atoms with E-state index < -0.39 is 11.0 Å². The summed E-state index contributed by atoms with van der Waals surface area (Å²) in [7, 11) is -1.25. The monoisotopic (exact) mass is 213 g/mol. The maximum absolute atomic E-state index is 11.0. The fourth-order valence-corrected chi connectivity index (χ4v) is 1.76. The number of aromatic nitrogens is 2. The lowest BCUT2D eigenvalue weighted by Gasteiger charge is -2.13. The van der Waals surface area contributed by atoms with E-state index in [-0.39, 0.29) is 11.2 Å². The molecule has 0 bridgehead atoms. The van der Waals surface area contributed by atoms with E-state index in [9.17, 15) is 4.21 Å². The predicted octanol–water partition coefficient (Wildman–Crippen LogP) is 0.981. The third-order valence-corrected chi connectivity index (χ3v) is 3.16. The Morgan fingerprint density at radius 1 is 1.50 bits per heavy atom. The minimum absolute atomic E-state index is 0.00740. The summed E-state index contributed by atoms with van der Waals surface area (Å²) in [5.74, 6) is 0.242. The average Bonchev–Trinajstić information content (AvgIpc) is 2.19. The highest BCUT2D eigenvalue weighted by Crippen LogP contribution is 2.18. The van der Waals surface area contributed by atoms with E-state index in [0.29, 0.717) is 0 Å². The van der Waals surface area contributed by atoms with Crippen LogP contribution in [0.1, 0.15) is 31.9 Å². The second-order valence-corrected chi connectivity index (χ2v) is 4.87. The van der Waals surface area contributed by atoms with E-state index in [2.05, 4.69) is 9.97 Å². The van der Waals surface area contributed by atoms with Gasteiger partial charge in [-0.05, 0) is 13.3 Å². The van der Waals surface area contributed by atoms with Gasteiger partial charge in [-0.3, -0.25) is 15.1 Å². The van der Waals surface area contributed by atoms with Crippen molar-refractivity contribution in [1.82, 2.24) is 9.97 Å². The van der Waals surface area contributed by atoms with Crippen LogP contribution in [-0.4, -0.2) is 19.4 Å². The van der Waals surface area contributed by atoms with Gasteiger partial charge in [0, 0.05) is 29.8 Å². The quantitative estimate of drug-likeness (QED) is 0.810. The largest absolute Gasteiger partial charge is 0.261 e. The average molecular weight is 213 g/mol. The van der Waals surface area contributed by atoms with Gasteiger partial charge < -0.3 is 0 Å². The first-order valence-corrected chi connectivity index (χ1v) is 5.79. The molecular weight excluding hydrogens is 198 g/mol. The SMILES string of the molecule is CC(C[C@@H](C)c1cnccn1)S(N)=O. The van der Waals surface area contributed by atoms with Crippen molar-refractivity contribution in [3.05, 3.63) is 24.3 Å². The Morgan fingerprint density at radius 2 is 2.21 bits per heavy atom. The van der Waals surface area contributed by atoms with E-state index in [1.807, 2.05) is 13.8 Å². The van der Waals surface area contributed by atoms with E-state index in [0.717, 1.165) is 12.1 Å². The van der Waals surface area contributed by atoms with Crippen molar-refractivity contribution < 1.29 is 4.21 Å².